The number of nitrogens with zero attached hydrogens (tertiary/aromatic N) is 1. The van der Waals surface area contributed by atoms with Gasteiger partial charge < -0.3 is 10.1 Å². The molecule has 1 aliphatic rings. The van der Waals surface area contributed by atoms with E-state index >= 15 is 0 Å². The van der Waals surface area contributed by atoms with Crippen LogP contribution in [-0.4, -0.2) is 47.2 Å². The Balaban J connectivity index is 1.63. The third-order valence-electron chi connectivity index (χ3n) is 6.13. The molecule has 1 aliphatic heterocycles. The maximum atomic E-state index is 13.2. The largest absolute Gasteiger partial charge is 0.495 e. The van der Waals surface area contributed by atoms with Crippen molar-refractivity contribution < 1.29 is 26.4 Å². The van der Waals surface area contributed by atoms with E-state index in [0.717, 1.165) is 18.4 Å². The van der Waals surface area contributed by atoms with Crippen molar-refractivity contribution in [2.45, 2.75) is 36.5 Å². The van der Waals surface area contributed by atoms with Crippen molar-refractivity contribution in [3.63, 3.8) is 0 Å². The molecule has 1 amide bonds. The van der Waals surface area contributed by atoms with E-state index in [1.165, 1.54) is 41.7 Å². The average molecular weight is 544 g/mol. The Kier molecular flexibility index (Phi) is 7.58. The van der Waals surface area contributed by atoms with Crippen molar-refractivity contribution in [2.24, 2.45) is 0 Å². The van der Waals surface area contributed by atoms with Crippen LogP contribution >= 0.6 is 0 Å². The highest BCUT2D eigenvalue weighted by molar-refractivity contribution is 7.92. The number of hydrogen-bond acceptors (Lipinski definition) is 6. The molecule has 0 radical (unpaired) electrons. The number of anilines is 2. The summed E-state index contributed by atoms with van der Waals surface area (Å²) >= 11 is 0. The lowest BCUT2D eigenvalue weighted by Gasteiger charge is -2.18. The number of hydrogen-bond donors (Lipinski definition) is 2. The number of sulfonamides is 2. The highest BCUT2D eigenvalue weighted by Gasteiger charge is 2.28. The molecule has 4 rings (SSSR count). The highest BCUT2D eigenvalue weighted by atomic mass is 32.2. The number of carbonyl (C=O) groups excluding carboxylic acids is 1. The van der Waals surface area contributed by atoms with Crippen LogP contribution in [0.3, 0.4) is 0 Å². The summed E-state index contributed by atoms with van der Waals surface area (Å²) in [4.78, 5) is 13.2. The van der Waals surface area contributed by atoms with Gasteiger partial charge in [0.05, 0.1) is 22.6 Å². The van der Waals surface area contributed by atoms with Gasteiger partial charge in [0.2, 0.25) is 10.0 Å². The first-order valence-electron chi connectivity index (χ1n) is 11.7. The molecule has 1 heterocycles. The lowest BCUT2D eigenvalue weighted by molar-refractivity contribution is 0.102. The van der Waals surface area contributed by atoms with Gasteiger partial charge in [0.1, 0.15) is 5.75 Å². The summed E-state index contributed by atoms with van der Waals surface area (Å²) < 4.78 is 61.5. The Bertz CT molecular complexity index is 1550. The van der Waals surface area contributed by atoms with Gasteiger partial charge in [0, 0.05) is 24.3 Å². The normalized spacial score (nSPS) is 14.4. The number of rotatable bonds is 8. The van der Waals surface area contributed by atoms with E-state index in [1.54, 1.807) is 31.2 Å². The summed E-state index contributed by atoms with van der Waals surface area (Å²) in [6.45, 7) is 4.40. The molecule has 0 unspecified atom stereocenters. The molecule has 0 aromatic heterocycles. The molecule has 0 saturated carbocycles. The minimum atomic E-state index is -3.98. The molecular weight excluding hydrogens is 514 g/mol. The van der Waals surface area contributed by atoms with Crippen LogP contribution in [0.5, 0.6) is 5.75 Å². The molecule has 3 aromatic carbocycles. The maximum absolute atomic E-state index is 13.2. The lowest BCUT2D eigenvalue weighted by Crippen LogP contribution is -2.28. The van der Waals surface area contributed by atoms with E-state index in [4.69, 9.17) is 4.74 Å². The van der Waals surface area contributed by atoms with Gasteiger partial charge in [-0.25, -0.2) is 16.8 Å². The van der Waals surface area contributed by atoms with Crippen LogP contribution in [0.4, 0.5) is 11.4 Å². The molecule has 0 bridgehead atoms. The molecule has 2 N–H and O–H groups in total. The second-order valence-electron chi connectivity index (χ2n) is 8.88. The van der Waals surface area contributed by atoms with Crippen molar-refractivity contribution in [3.8, 4) is 5.75 Å². The number of benzene rings is 3. The Hall–Kier alpha value is -3.41. The van der Waals surface area contributed by atoms with E-state index < -0.39 is 26.0 Å². The van der Waals surface area contributed by atoms with Gasteiger partial charge in [-0.1, -0.05) is 18.2 Å². The van der Waals surface area contributed by atoms with Gasteiger partial charge in [0.25, 0.3) is 15.9 Å². The van der Waals surface area contributed by atoms with Gasteiger partial charge in [-0.15, -0.1) is 0 Å². The molecule has 1 fully saturated rings. The van der Waals surface area contributed by atoms with Gasteiger partial charge in [-0.2, -0.15) is 4.31 Å². The zero-order valence-electron chi connectivity index (χ0n) is 20.8. The van der Waals surface area contributed by atoms with Gasteiger partial charge >= 0.3 is 0 Å². The van der Waals surface area contributed by atoms with Crippen molar-refractivity contribution in [3.05, 3.63) is 77.4 Å². The van der Waals surface area contributed by atoms with Crippen LogP contribution in [-0.2, 0) is 20.0 Å². The van der Waals surface area contributed by atoms with E-state index in [0.29, 0.717) is 24.3 Å². The molecule has 0 spiro atoms. The highest BCUT2D eigenvalue weighted by Crippen LogP contribution is 2.31. The monoisotopic (exact) mass is 543 g/mol. The molecule has 9 nitrogen and oxygen atoms in total. The summed E-state index contributed by atoms with van der Waals surface area (Å²) in [6, 6.07) is 15.6. The van der Waals surface area contributed by atoms with Crippen LogP contribution in [0.25, 0.3) is 0 Å². The Morgan fingerprint density at radius 2 is 1.65 bits per heavy atom. The molecule has 37 heavy (non-hydrogen) atoms. The average Bonchev–Trinajstić information content (AvgIpc) is 3.40. The fourth-order valence-corrected chi connectivity index (χ4v) is 7.03. The summed E-state index contributed by atoms with van der Waals surface area (Å²) in [5.74, 6) is -0.337. The number of nitrogens with one attached hydrogen (secondary N) is 2. The van der Waals surface area contributed by atoms with Gasteiger partial charge in [-0.05, 0) is 80.3 Å². The van der Waals surface area contributed by atoms with E-state index in [9.17, 15) is 21.6 Å². The fourth-order valence-electron chi connectivity index (χ4n) is 4.17. The second-order valence-corrected chi connectivity index (χ2v) is 12.5. The van der Waals surface area contributed by atoms with E-state index in [1.807, 2.05) is 13.0 Å². The Morgan fingerprint density at radius 1 is 0.919 bits per heavy atom. The number of amides is 1. The van der Waals surface area contributed by atoms with Crippen LogP contribution < -0.4 is 14.8 Å². The fraction of sp³-hybridized carbons (Fsp3) is 0.269. The summed E-state index contributed by atoms with van der Waals surface area (Å²) in [5, 5.41) is 2.67. The lowest BCUT2D eigenvalue weighted by atomic mass is 10.1. The first-order chi connectivity index (χ1) is 17.5. The second kappa shape index (κ2) is 10.5. The summed E-state index contributed by atoms with van der Waals surface area (Å²) in [6.07, 6.45) is 1.60. The number of ether oxygens (including phenoxy) is 1. The van der Waals surface area contributed by atoms with Crippen molar-refractivity contribution in [1.82, 2.24) is 4.31 Å². The third-order valence-corrected chi connectivity index (χ3v) is 9.55. The number of carbonyl (C=O) groups is 1. The van der Waals surface area contributed by atoms with E-state index in [-0.39, 0.29) is 26.8 Å². The third kappa shape index (κ3) is 5.79. The Morgan fingerprint density at radius 3 is 2.32 bits per heavy atom. The molecule has 0 aliphatic carbocycles. The van der Waals surface area contributed by atoms with E-state index in [2.05, 4.69) is 10.0 Å². The quantitative estimate of drug-likeness (QED) is 0.440. The standard InChI is InChI=1S/C26H29N3O6S2/c1-18-7-6-8-21(15-18)28-36(31,32)25-16-20(10-9-19(25)2)26(30)27-23-17-22(11-12-24(23)35-3)37(33,34)29-13-4-5-14-29/h6-12,15-17,28H,4-5,13-14H2,1-3H3,(H,27,30). The smallest absolute Gasteiger partial charge is 0.262 e. The molecule has 0 atom stereocenters. The van der Waals surface area contributed by atoms with Crippen LogP contribution in [0.1, 0.15) is 34.3 Å². The molecule has 1 saturated heterocycles. The van der Waals surface area contributed by atoms with Crippen molar-refractivity contribution in [1.29, 1.82) is 0 Å². The van der Waals surface area contributed by atoms with Crippen LogP contribution in [0, 0.1) is 13.8 Å². The first kappa shape index (κ1) is 26.6. The number of methoxy groups -OCH3 is 1. The maximum Gasteiger partial charge on any atom is 0.262 e. The predicted octanol–water partition coefficient (Wildman–Crippen LogP) is 4.15. The van der Waals surface area contributed by atoms with Crippen LogP contribution in [0.15, 0.2) is 70.5 Å². The van der Waals surface area contributed by atoms with Gasteiger partial charge in [-0.3, -0.25) is 9.52 Å². The van der Waals surface area contributed by atoms with Crippen LogP contribution in [0.2, 0.25) is 0 Å². The topological polar surface area (TPSA) is 122 Å². The molecule has 3 aromatic rings. The number of aryl methyl sites for hydroxylation is 2. The molecule has 196 valence electrons. The summed E-state index contributed by atoms with van der Waals surface area (Å²) in [7, 11) is -6.28. The Labute approximate surface area is 217 Å². The molecule has 11 heteroatoms. The minimum absolute atomic E-state index is 0.0417. The zero-order chi connectivity index (χ0) is 26.8. The first-order valence-corrected chi connectivity index (χ1v) is 14.6. The molecular formula is C26H29N3O6S2. The SMILES string of the molecule is COc1ccc(S(=O)(=O)N2CCCC2)cc1NC(=O)c1ccc(C)c(S(=O)(=O)Nc2cccc(C)c2)c1. The minimum Gasteiger partial charge on any atom is -0.495 e. The zero-order valence-corrected chi connectivity index (χ0v) is 22.4. The van der Waals surface area contributed by atoms with Crippen molar-refractivity contribution in [2.75, 3.05) is 30.2 Å². The van der Waals surface area contributed by atoms with Crippen molar-refractivity contribution >= 4 is 37.3 Å². The summed E-state index contributed by atoms with van der Waals surface area (Å²) in [5.41, 5.74) is 2.02. The predicted molar refractivity (Wildman–Crippen MR) is 142 cm³/mol. The van der Waals surface area contributed by atoms with Gasteiger partial charge in [0.15, 0.2) is 0 Å².